The summed E-state index contributed by atoms with van der Waals surface area (Å²) in [4.78, 5) is 42.1. The average Bonchev–Trinajstić information content (AvgIpc) is 3.19. The van der Waals surface area contributed by atoms with Gasteiger partial charge >= 0.3 is 12.1 Å². The van der Waals surface area contributed by atoms with Crippen LogP contribution in [0.1, 0.15) is 98.5 Å². The molecule has 0 aliphatic carbocycles. The monoisotopic (exact) mass is 643 g/mol. The van der Waals surface area contributed by atoms with Crippen molar-refractivity contribution in [1.82, 2.24) is 0 Å². The summed E-state index contributed by atoms with van der Waals surface area (Å²) in [5.74, 6) is -1.60. The van der Waals surface area contributed by atoms with Crippen LogP contribution < -0.4 is 9.33 Å². The Morgan fingerprint density at radius 1 is 1.04 bits per heavy atom. The number of cyclic esters (lactones) is 1. The molecule has 4 atom stereocenters. The van der Waals surface area contributed by atoms with Gasteiger partial charge in [0, 0.05) is 18.5 Å². The molecule has 1 aromatic rings. The van der Waals surface area contributed by atoms with E-state index in [0.29, 0.717) is 30.0 Å². The van der Waals surface area contributed by atoms with Crippen LogP contribution in [0.5, 0.6) is 5.75 Å². The first-order valence-electron chi connectivity index (χ1n) is 15.9. The van der Waals surface area contributed by atoms with Gasteiger partial charge in [-0.3, -0.25) is 9.69 Å². The van der Waals surface area contributed by atoms with Crippen molar-refractivity contribution in [3.63, 3.8) is 0 Å². The van der Waals surface area contributed by atoms with Crippen LogP contribution in [0.4, 0.5) is 10.5 Å². The molecule has 0 radical (unpaired) electrons. The van der Waals surface area contributed by atoms with E-state index in [1.807, 2.05) is 40.7 Å². The number of esters is 1. The van der Waals surface area contributed by atoms with E-state index in [4.69, 9.17) is 23.4 Å². The predicted octanol–water partition coefficient (Wildman–Crippen LogP) is 8.08. The lowest BCUT2D eigenvalue weighted by Crippen LogP contribution is -2.44. The van der Waals surface area contributed by atoms with E-state index in [9.17, 15) is 14.4 Å². The summed E-state index contributed by atoms with van der Waals surface area (Å²) in [6.07, 6.45) is 4.87. The summed E-state index contributed by atoms with van der Waals surface area (Å²) in [5.41, 5.74) is 0.615. The molecule has 1 fully saturated rings. The number of anilines is 1. The van der Waals surface area contributed by atoms with E-state index in [2.05, 4.69) is 33.9 Å². The number of carbonyl (C=O) groups is 3. The Balaban J connectivity index is 2.26. The molecule has 2 aliphatic rings. The Morgan fingerprint density at radius 2 is 1.69 bits per heavy atom. The Hall–Kier alpha value is -2.95. The van der Waals surface area contributed by atoms with Crippen molar-refractivity contribution in [2.75, 3.05) is 11.4 Å². The Labute approximate surface area is 270 Å². The normalized spacial score (nSPS) is 25.0. The zero-order valence-corrected chi connectivity index (χ0v) is 30.4. The zero-order valence-electron chi connectivity index (χ0n) is 29.4. The molecule has 2 heterocycles. The molecule has 3 rings (SSSR count). The number of hydrogen-bond donors (Lipinski definition) is 0. The van der Waals surface area contributed by atoms with Gasteiger partial charge in [-0.2, -0.15) is 0 Å². The van der Waals surface area contributed by atoms with Gasteiger partial charge in [0.2, 0.25) is 0 Å². The number of ether oxygens (including phenoxy) is 4. The van der Waals surface area contributed by atoms with E-state index < -0.39 is 50.1 Å². The van der Waals surface area contributed by atoms with E-state index in [1.165, 1.54) is 11.0 Å². The number of nitrogens with zero attached hydrogens (tertiary/aromatic N) is 1. The summed E-state index contributed by atoms with van der Waals surface area (Å²) < 4.78 is 30.7. The van der Waals surface area contributed by atoms with Gasteiger partial charge in [-0.25, -0.2) is 9.59 Å². The molecule has 0 spiro atoms. The van der Waals surface area contributed by atoms with Crippen molar-refractivity contribution in [3.8, 4) is 5.75 Å². The molecule has 250 valence electrons. The SMILES string of the molecule is CCN(C(=O)OC(C)(C)C)c1cc2c(c(O[Si](C)(C)C(C)(C)C)c1)C(=O)O[C@@H](C)[C@H](C)/C=C\C(=O)[C@H]1OC(C)(C)O[C@H]1CC=C2. The zero-order chi connectivity index (χ0) is 34.1. The Kier molecular flexibility index (Phi) is 10.9. The fraction of sp³-hybridized carbons (Fsp3) is 0.629. The molecule has 2 aliphatic heterocycles. The quantitative estimate of drug-likeness (QED) is 0.240. The van der Waals surface area contributed by atoms with Gasteiger partial charge in [0.1, 0.15) is 29.1 Å². The third kappa shape index (κ3) is 9.07. The third-order valence-corrected chi connectivity index (χ3v) is 12.8. The predicted molar refractivity (Wildman–Crippen MR) is 179 cm³/mol. The second kappa shape index (κ2) is 13.4. The smallest absolute Gasteiger partial charge is 0.414 e. The van der Waals surface area contributed by atoms with Gasteiger partial charge in [-0.15, -0.1) is 0 Å². The van der Waals surface area contributed by atoms with Gasteiger partial charge in [-0.05, 0) is 90.7 Å². The summed E-state index contributed by atoms with van der Waals surface area (Å²) in [5, 5.41) is -0.173. The lowest BCUT2D eigenvalue weighted by Gasteiger charge is -2.37. The lowest BCUT2D eigenvalue weighted by atomic mass is 9.99. The summed E-state index contributed by atoms with van der Waals surface area (Å²) in [6, 6.07) is 3.52. The average molecular weight is 644 g/mol. The van der Waals surface area contributed by atoms with Crippen LogP contribution in [0.2, 0.25) is 18.1 Å². The summed E-state index contributed by atoms with van der Waals surface area (Å²) in [6.45, 7) is 25.5. The number of benzene rings is 1. The Bertz CT molecular complexity index is 1330. The van der Waals surface area contributed by atoms with Crippen LogP contribution in [-0.4, -0.2) is 62.4 Å². The van der Waals surface area contributed by atoms with Crippen LogP contribution >= 0.6 is 0 Å². The number of hydrogen-bond acceptors (Lipinski definition) is 8. The maximum absolute atomic E-state index is 14.0. The van der Waals surface area contributed by atoms with Crippen molar-refractivity contribution in [3.05, 3.63) is 41.5 Å². The highest BCUT2D eigenvalue weighted by molar-refractivity contribution is 6.74. The van der Waals surface area contributed by atoms with Crippen molar-refractivity contribution < 1.29 is 37.8 Å². The molecule has 1 amide bonds. The largest absolute Gasteiger partial charge is 0.543 e. The highest BCUT2D eigenvalue weighted by Crippen LogP contribution is 2.41. The van der Waals surface area contributed by atoms with Gasteiger partial charge in [-0.1, -0.05) is 45.9 Å². The van der Waals surface area contributed by atoms with Crippen molar-refractivity contribution in [2.24, 2.45) is 5.92 Å². The van der Waals surface area contributed by atoms with Crippen molar-refractivity contribution in [2.45, 2.75) is 130 Å². The molecule has 9 nitrogen and oxygen atoms in total. The van der Waals surface area contributed by atoms with E-state index in [0.717, 1.165) is 0 Å². The van der Waals surface area contributed by atoms with Crippen molar-refractivity contribution in [1.29, 1.82) is 0 Å². The molecule has 0 aromatic heterocycles. The van der Waals surface area contributed by atoms with E-state index >= 15 is 0 Å². The number of ketones is 1. The first-order chi connectivity index (χ1) is 20.5. The second-order valence-corrected chi connectivity index (χ2v) is 19.7. The maximum atomic E-state index is 14.0. The first-order valence-corrected chi connectivity index (χ1v) is 18.8. The van der Waals surface area contributed by atoms with E-state index in [-0.39, 0.29) is 22.3 Å². The number of carbonyl (C=O) groups excluding carboxylic acids is 3. The topological polar surface area (TPSA) is 101 Å². The molecule has 0 saturated carbocycles. The minimum absolute atomic E-state index is 0.173. The lowest BCUT2D eigenvalue weighted by molar-refractivity contribution is -0.152. The van der Waals surface area contributed by atoms with Gasteiger partial charge in [0.15, 0.2) is 11.6 Å². The molecule has 45 heavy (non-hydrogen) atoms. The standard InChI is InChI=1S/C35H53NO8Si/c1-14-36(32(39)43-33(4,5)6)25-20-24-16-15-17-27-30(42-35(10,11)41-27)26(37)19-18-22(2)23(3)40-31(38)29(24)28(21-25)44-45(12,13)34(7,8)9/h15-16,18-23,27,30H,14,17H2,1-13H3/b16-15?,19-18-/t22-,23+,27+,30-/m1/s1. The van der Waals surface area contributed by atoms with Gasteiger partial charge in [0.05, 0.1) is 11.8 Å². The van der Waals surface area contributed by atoms with Gasteiger partial charge in [0.25, 0.3) is 8.32 Å². The van der Waals surface area contributed by atoms with E-state index in [1.54, 1.807) is 45.1 Å². The molecule has 1 aromatic carbocycles. The molecular weight excluding hydrogens is 590 g/mol. The van der Waals surface area contributed by atoms with Crippen molar-refractivity contribution >= 4 is 37.9 Å². The highest BCUT2D eigenvalue weighted by atomic mass is 28.4. The summed E-state index contributed by atoms with van der Waals surface area (Å²) in [7, 11) is -2.48. The highest BCUT2D eigenvalue weighted by Gasteiger charge is 2.44. The fourth-order valence-electron chi connectivity index (χ4n) is 4.78. The van der Waals surface area contributed by atoms with Crippen LogP contribution in [-0.2, 0) is 23.7 Å². The van der Waals surface area contributed by atoms with Crippen LogP contribution in [0.25, 0.3) is 6.08 Å². The molecule has 0 N–H and O–H groups in total. The molecular formula is C35H53NO8Si. The fourth-order valence-corrected chi connectivity index (χ4v) is 5.80. The number of fused-ring (bicyclic) bond motifs is 2. The van der Waals surface area contributed by atoms with Crippen LogP contribution in [0.15, 0.2) is 30.4 Å². The molecule has 10 heteroatoms. The third-order valence-electron chi connectivity index (χ3n) is 8.46. The van der Waals surface area contributed by atoms with Gasteiger partial charge < -0.3 is 23.4 Å². The van der Waals surface area contributed by atoms with Crippen LogP contribution in [0.3, 0.4) is 0 Å². The number of rotatable bonds is 4. The molecule has 1 saturated heterocycles. The molecule has 0 unspecified atom stereocenters. The summed E-state index contributed by atoms with van der Waals surface area (Å²) >= 11 is 0. The van der Waals surface area contributed by atoms with Crippen LogP contribution in [0, 0.1) is 5.92 Å². The second-order valence-electron chi connectivity index (χ2n) is 15.0. The minimum atomic E-state index is -2.48. The minimum Gasteiger partial charge on any atom is -0.543 e. The first kappa shape index (κ1) is 36.5. The maximum Gasteiger partial charge on any atom is 0.414 e. The molecule has 0 bridgehead atoms. The Morgan fingerprint density at radius 3 is 2.27 bits per heavy atom. The number of amides is 1.